The highest BCUT2D eigenvalue weighted by molar-refractivity contribution is 9.11. The van der Waals surface area contributed by atoms with E-state index in [9.17, 15) is 0 Å². The average Bonchev–Trinajstić information content (AvgIpc) is 2.42. The smallest absolute Gasteiger partial charge is 0.0595 e. The van der Waals surface area contributed by atoms with Gasteiger partial charge in [0.05, 0.1) is 16.1 Å². The van der Waals surface area contributed by atoms with Crippen molar-refractivity contribution in [2.45, 2.75) is 19.4 Å². The molecule has 0 radical (unpaired) electrons. The lowest BCUT2D eigenvalue weighted by Gasteiger charge is -2.21. The van der Waals surface area contributed by atoms with Crippen molar-refractivity contribution in [2.24, 2.45) is 0 Å². The van der Waals surface area contributed by atoms with Crippen LogP contribution in [0.15, 0.2) is 45.3 Å². The van der Waals surface area contributed by atoms with Gasteiger partial charge in [-0.2, -0.15) is 0 Å². The summed E-state index contributed by atoms with van der Waals surface area (Å²) in [5.74, 6) is 0. The molecule has 2 aromatic carbocycles. The van der Waals surface area contributed by atoms with E-state index in [1.807, 2.05) is 24.3 Å². The van der Waals surface area contributed by atoms with Gasteiger partial charge in [0.25, 0.3) is 0 Å². The molecular formula is C16H15Br2Cl2N. The molecule has 21 heavy (non-hydrogen) atoms. The van der Waals surface area contributed by atoms with E-state index in [0.29, 0.717) is 10.0 Å². The number of rotatable bonds is 5. The van der Waals surface area contributed by atoms with Gasteiger partial charge < -0.3 is 5.32 Å². The molecule has 0 aliphatic heterocycles. The largest absolute Gasteiger partial charge is 0.306 e. The first-order valence-corrected chi connectivity index (χ1v) is 8.99. The zero-order valence-electron chi connectivity index (χ0n) is 11.5. The molecule has 0 spiro atoms. The third-order valence-corrected chi connectivity index (χ3v) is 4.75. The molecule has 0 aliphatic rings. The van der Waals surface area contributed by atoms with Crippen molar-refractivity contribution in [2.75, 3.05) is 6.54 Å². The summed E-state index contributed by atoms with van der Waals surface area (Å²) in [6.45, 7) is 3.07. The predicted molar refractivity (Wildman–Crippen MR) is 98.4 cm³/mol. The van der Waals surface area contributed by atoms with Gasteiger partial charge in [-0.15, -0.1) is 0 Å². The van der Waals surface area contributed by atoms with Crippen molar-refractivity contribution in [3.05, 3.63) is 66.5 Å². The van der Waals surface area contributed by atoms with Gasteiger partial charge in [0.2, 0.25) is 0 Å². The fourth-order valence-corrected chi connectivity index (χ4v) is 3.79. The van der Waals surface area contributed by atoms with Crippen LogP contribution in [0, 0.1) is 0 Å². The van der Waals surface area contributed by atoms with Crippen LogP contribution in [0.25, 0.3) is 0 Å². The molecule has 1 nitrogen and oxygen atoms in total. The standard InChI is InChI=1S/C16H15Br2Cl2N/c1-2-5-21-16(10-3-4-14(19)15(20)8-10)11-6-12(17)9-13(18)7-11/h3-4,6-9,16,21H,2,5H2,1H3. The van der Waals surface area contributed by atoms with E-state index in [-0.39, 0.29) is 6.04 Å². The van der Waals surface area contributed by atoms with E-state index >= 15 is 0 Å². The minimum atomic E-state index is 0.0773. The average molecular weight is 452 g/mol. The lowest BCUT2D eigenvalue weighted by atomic mass is 9.98. The Kier molecular flexibility index (Phi) is 6.57. The number of hydrogen-bond donors (Lipinski definition) is 1. The fraction of sp³-hybridized carbons (Fsp3) is 0.250. The maximum atomic E-state index is 6.16. The summed E-state index contributed by atoms with van der Waals surface area (Å²) in [5.41, 5.74) is 2.27. The zero-order valence-corrected chi connectivity index (χ0v) is 16.2. The van der Waals surface area contributed by atoms with E-state index in [0.717, 1.165) is 27.5 Å². The molecule has 2 aromatic rings. The minimum Gasteiger partial charge on any atom is -0.306 e. The summed E-state index contributed by atoms with van der Waals surface area (Å²) >= 11 is 19.3. The molecule has 1 N–H and O–H groups in total. The third-order valence-electron chi connectivity index (χ3n) is 3.09. The van der Waals surface area contributed by atoms with Crippen LogP contribution in [0.4, 0.5) is 0 Å². The lowest BCUT2D eigenvalue weighted by Crippen LogP contribution is -2.23. The Labute approximate surface area is 152 Å². The summed E-state index contributed by atoms with van der Waals surface area (Å²) in [6.07, 6.45) is 1.06. The topological polar surface area (TPSA) is 12.0 Å². The Morgan fingerprint density at radius 1 is 0.952 bits per heavy atom. The van der Waals surface area contributed by atoms with Gasteiger partial charge >= 0.3 is 0 Å². The van der Waals surface area contributed by atoms with Gasteiger partial charge in [0.15, 0.2) is 0 Å². The Bertz CT molecular complexity index is 611. The van der Waals surface area contributed by atoms with Crippen LogP contribution in [0.1, 0.15) is 30.5 Å². The van der Waals surface area contributed by atoms with E-state index in [1.165, 1.54) is 5.56 Å². The summed E-state index contributed by atoms with van der Waals surface area (Å²) in [7, 11) is 0. The Morgan fingerprint density at radius 3 is 2.19 bits per heavy atom. The van der Waals surface area contributed by atoms with Crippen LogP contribution < -0.4 is 5.32 Å². The van der Waals surface area contributed by atoms with Crippen LogP contribution in [0.3, 0.4) is 0 Å². The maximum Gasteiger partial charge on any atom is 0.0595 e. The second-order valence-electron chi connectivity index (χ2n) is 4.76. The number of halogens is 4. The van der Waals surface area contributed by atoms with Crippen molar-refractivity contribution in [3.8, 4) is 0 Å². The van der Waals surface area contributed by atoms with Gasteiger partial charge in [-0.3, -0.25) is 0 Å². The first kappa shape index (κ1) is 17.3. The SMILES string of the molecule is CCCNC(c1cc(Br)cc(Br)c1)c1ccc(Cl)c(Cl)c1. The second-order valence-corrected chi connectivity index (χ2v) is 7.41. The van der Waals surface area contributed by atoms with Gasteiger partial charge in [-0.05, 0) is 54.4 Å². The van der Waals surface area contributed by atoms with E-state index in [1.54, 1.807) is 0 Å². The lowest BCUT2D eigenvalue weighted by molar-refractivity contribution is 0.598. The van der Waals surface area contributed by atoms with Gasteiger partial charge in [0.1, 0.15) is 0 Å². The second kappa shape index (κ2) is 7.98. The molecule has 0 aliphatic carbocycles. The maximum absolute atomic E-state index is 6.16. The molecule has 112 valence electrons. The van der Waals surface area contributed by atoms with Crippen molar-refractivity contribution < 1.29 is 0 Å². The molecule has 2 rings (SSSR count). The van der Waals surface area contributed by atoms with E-state index < -0.39 is 0 Å². The van der Waals surface area contributed by atoms with Crippen molar-refractivity contribution in [3.63, 3.8) is 0 Å². The molecular weight excluding hydrogens is 437 g/mol. The van der Waals surface area contributed by atoms with E-state index in [4.69, 9.17) is 23.2 Å². The first-order valence-electron chi connectivity index (χ1n) is 6.65. The quantitative estimate of drug-likeness (QED) is 0.539. The highest BCUT2D eigenvalue weighted by atomic mass is 79.9. The fourth-order valence-electron chi connectivity index (χ4n) is 2.15. The van der Waals surface area contributed by atoms with E-state index in [2.05, 4.69) is 56.2 Å². The molecule has 1 atom stereocenters. The first-order chi connectivity index (χ1) is 10.0. The molecule has 0 amide bonds. The Balaban J connectivity index is 2.43. The molecule has 0 saturated carbocycles. The monoisotopic (exact) mass is 449 g/mol. The number of nitrogens with one attached hydrogen (secondary N) is 1. The minimum absolute atomic E-state index is 0.0773. The summed E-state index contributed by atoms with van der Waals surface area (Å²) in [5, 5.41) is 4.71. The normalized spacial score (nSPS) is 12.4. The molecule has 0 fully saturated rings. The van der Waals surface area contributed by atoms with Crippen LogP contribution in [0.5, 0.6) is 0 Å². The molecule has 0 saturated heterocycles. The van der Waals surface area contributed by atoms with Crippen LogP contribution in [0.2, 0.25) is 10.0 Å². The van der Waals surface area contributed by atoms with Crippen LogP contribution in [-0.4, -0.2) is 6.54 Å². The van der Waals surface area contributed by atoms with Crippen molar-refractivity contribution in [1.82, 2.24) is 5.32 Å². The summed E-state index contributed by atoms with van der Waals surface area (Å²) < 4.78 is 2.07. The summed E-state index contributed by atoms with van der Waals surface area (Å²) in [4.78, 5) is 0. The molecule has 0 aromatic heterocycles. The van der Waals surface area contributed by atoms with Gasteiger partial charge in [-0.1, -0.05) is 68.1 Å². The van der Waals surface area contributed by atoms with Crippen LogP contribution >= 0.6 is 55.1 Å². The van der Waals surface area contributed by atoms with Crippen molar-refractivity contribution >= 4 is 55.1 Å². The van der Waals surface area contributed by atoms with Gasteiger partial charge in [0, 0.05) is 8.95 Å². The number of benzene rings is 2. The highest BCUT2D eigenvalue weighted by Gasteiger charge is 2.15. The van der Waals surface area contributed by atoms with Crippen LogP contribution in [-0.2, 0) is 0 Å². The molecule has 0 heterocycles. The Morgan fingerprint density at radius 2 is 1.62 bits per heavy atom. The zero-order chi connectivity index (χ0) is 15.4. The third kappa shape index (κ3) is 4.70. The van der Waals surface area contributed by atoms with Crippen molar-refractivity contribution in [1.29, 1.82) is 0 Å². The summed E-state index contributed by atoms with van der Waals surface area (Å²) in [6, 6.07) is 12.1. The highest BCUT2D eigenvalue weighted by Crippen LogP contribution is 2.31. The van der Waals surface area contributed by atoms with Gasteiger partial charge in [-0.25, -0.2) is 0 Å². The number of hydrogen-bond acceptors (Lipinski definition) is 1. The predicted octanol–water partition coefficient (Wildman–Crippen LogP) is 6.61. The Hall–Kier alpha value is -0.0600. The molecule has 5 heteroatoms. The molecule has 1 unspecified atom stereocenters. The molecule has 0 bridgehead atoms.